The Kier molecular flexibility index (Phi) is 1.79. The van der Waals surface area contributed by atoms with E-state index in [0.29, 0.717) is 5.41 Å². The summed E-state index contributed by atoms with van der Waals surface area (Å²) >= 11 is 4.42. The Morgan fingerprint density at radius 3 is 2.42 bits per heavy atom. The number of fused-ring (bicyclic) bond motifs is 2. The maximum atomic E-state index is 9.96. The first kappa shape index (κ1) is 8.89. The quantitative estimate of drug-likeness (QED) is 0.601. The van der Waals surface area contributed by atoms with E-state index in [1.54, 1.807) is 0 Å². The van der Waals surface area contributed by atoms with E-state index in [1.807, 2.05) is 0 Å². The minimum atomic E-state index is -0.0938. The van der Waals surface area contributed by atoms with Crippen molar-refractivity contribution in [2.45, 2.75) is 39.2 Å². The monoisotopic (exact) mass is 186 g/mol. The third-order valence-corrected chi connectivity index (χ3v) is 5.23. The van der Waals surface area contributed by atoms with Gasteiger partial charge in [0.1, 0.15) is 0 Å². The van der Waals surface area contributed by atoms with Crippen LogP contribution < -0.4 is 0 Å². The summed E-state index contributed by atoms with van der Waals surface area (Å²) in [5.41, 5.74) is 0.439. The fourth-order valence-corrected chi connectivity index (χ4v) is 4.19. The normalized spacial score (nSPS) is 50.0. The van der Waals surface area contributed by atoms with Crippen molar-refractivity contribution in [2.24, 2.45) is 16.7 Å². The van der Waals surface area contributed by atoms with Crippen molar-refractivity contribution in [1.82, 2.24) is 0 Å². The Bertz CT molecular complexity index is 202. The van der Waals surface area contributed by atoms with Gasteiger partial charge >= 0.3 is 0 Å². The summed E-state index contributed by atoms with van der Waals surface area (Å²) in [5, 5.41) is 9.96. The van der Waals surface area contributed by atoms with E-state index in [0.717, 1.165) is 18.1 Å². The zero-order chi connectivity index (χ0) is 8.98. The molecule has 1 N–H and O–H groups in total. The van der Waals surface area contributed by atoms with E-state index in [1.165, 1.54) is 12.8 Å². The van der Waals surface area contributed by atoms with E-state index in [2.05, 4.69) is 26.5 Å². The van der Waals surface area contributed by atoms with Crippen LogP contribution in [0.3, 0.4) is 0 Å². The molecule has 0 aromatic rings. The Morgan fingerprint density at radius 1 is 1.50 bits per heavy atom. The number of hydrogen-bond acceptors (Lipinski definition) is 2. The van der Waals surface area contributed by atoms with E-state index >= 15 is 0 Å². The Labute approximate surface area is 80.0 Å². The van der Waals surface area contributed by atoms with Gasteiger partial charge in [0.05, 0.1) is 6.10 Å². The molecule has 1 nitrogen and oxygen atoms in total. The molecule has 2 aliphatic carbocycles. The van der Waals surface area contributed by atoms with Crippen molar-refractivity contribution in [3.63, 3.8) is 0 Å². The predicted molar refractivity (Wildman–Crippen MR) is 53.4 cm³/mol. The van der Waals surface area contributed by atoms with Gasteiger partial charge in [-0.3, -0.25) is 0 Å². The molecule has 2 bridgehead atoms. The Morgan fingerprint density at radius 2 is 2.17 bits per heavy atom. The first-order chi connectivity index (χ1) is 5.54. The topological polar surface area (TPSA) is 20.2 Å². The van der Waals surface area contributed by atoms with Gasteiger partial charge in [0.25, 0.3) is 0 Å². The lowest BCUT2D eigenvalue weighted by molar-refractivity contribution is 0.0171. The van der Waals surface area contributed by atoms with E-state index in [4.69, 9.17) is 0 Å². The predicted octanol–water partition coefficient (Wildman–Crippen LogP) is 2.10. The van der Waals surface area contributed by atoms with Crippen LogP contribution in [0.4, 0.5) is 0 Å². The maximum absolute atomic E-state index is 9.96. The molecule has 0 spiro atoms. The van der Waals surface area contributed by atoms with Crippen LogP contribution in [-0.2, 0) is 0 Å². The second kappa shape index (κ2) is 2.42. The highest BCUT2D eigenvalue weighted by Gasteiger charge is 2.62. The summed E-state index contributed by atoms with van der Waals surface area (Å²) in [6.07, 6.45) is 3.39. The SMILES string of the molecule is CC1(C)[C@@H]2CC[C@@]1(CS)[C@H](O)C2. The van der Waals surface area contributed by atoms with Crippen molar-refractivity contribution in [3.8, 4) is 0 Å². The van der Waals surface area contributed by atoms with Crippen molar-refractivity contribution in [2.75, 3.05) is 5.75 Å². The molecule has 2 fully saturated rings. The molecular formula is C10H18OS. The lowest BCUT2D eigenvalue weighted by atomic mass is 9.70. The largest absolute Gasteiger partial charge is 0.392 e. The molecule has 2 rings (SSSR count). The molecule has 70 valence electrons. The minimum absolute atomic E-state index is 0.0938. The number of rotatable bonds is 1. The van der Waals surface area contributed by atoms with Gasteiger partial charge < -0.3 is 5.11 Å². The Balaban J connectivity index is 2.39. The van der Waals surface area contributed by atoms with E-state index in [-0.39, 0.29) is 11.5 Å². The summed E-state index contributed by atoms with van der Waals surface area (Å²) in [7, 11) is 0. The highest BCUT2D eigenvalue weighted by Crippen LogP contribution is 2.65. The summed E-state index contributed by atoms with van der Waals surface area (Å²) in [6, 6.07) is 0. The third kappa shape index (κ3) is 0.759. The average molecular weight is 186 g/mol. The zero-order valence-corrected chi connectivity index (χ0v) is 8.77. The van der Waals surface area contributed by atoms with Crippen LogP contribution in [0.15, 0.2) is 0 Å². The first-order valence-corrected chi connectivity index (χ1v) is 5.47. The molecule has 0 aromatic carbocycles. The highest BCUT2D eigenvalue weighted by molar-refractivity contribution is 7.80. The van der Waals surface area contributed by atoms with E-state index in [9.17, 15) is 5.11 Å². The third-order valence-electron chi connectivity index (χ3n) is 4.67. The van der Waals surface area contributed by atoms with Crippen LogP contribution in [0.5, 0.6) is 0 Å². The van der Waals surface area contributed by atoms with Crippen LogP contribution in [0, 0.1) is 16.7 Å². The van der Waals surface area contributed by atoms with Gasteiger partial charge in [-0.15, -0.1) is 0 Å². The number of thiol groups is 1. The number of hydrogen-bond donors (Lipinski definition) is 2. The zero-order valence-electron chi connectivity index (χ0n) is 7.88. The highest BCUT2D eigenvalue weighted by atomic mass is 32.1. The van der Waals surface area contributed by atoms with Gasteiger partial charge in [-0.1, -0.05) is 13.8 Å². The fraction of sp³-hybridized carbons (Fsp3) is 1.00. The molecule has 3 atom stereocenters. The fourth-order valence-electron chi connectivity index (χ4n) is 3.41. The second-order valence-corrected chi connectivity index (χ2v) is 5.34. The van der Waals surface area contributed by atoms with Gasteiger partial charge in [-0.2, -0.15) is 12.6 Å². The lowest BCUT2D eigenvalue weighted by Crippen LogP contribution is -2.40. The minimum Gasteiger partial charge on any atom is -0.392 e. The van der Waals surface area contributed by atoms with Gasteiger partial charge in [-0.05, 0) is 36.3 Å². The van der Waals surface area contributed by atoms with Gasteiger partial charge in [0.15, 0.2) is 0 Å². The molecule has 0 aromatic heterocycles. The molecular weight excluding hydrogens is 168 g/mol. The molecule has 12 heavy (non-hydrogen) atoms. The van der Waals surface area contributed by atoms with E-state index < -0.39 is 0 Å². The van der Waals surface area contributed by atoms with Crippen LogP contribution in [0.2, 0.25) is 0 Å². The van der Waals surface area contributed by atoms with Crippen LogP contribution >= 0.6 is 12.6 Å². The number of aliphatic hydroxyl groups excluding tert-OH is 1. The van der Waals surface area contributed by atoms with Crippen molar-refractivity contribution >= 4 is 12.6 Å². The van der Waals surface area contributed by atoms with Crippen LogP contribution in [-0.4, -0.2) is 17.0 Å². The standard InChI is InChI=1S/C10H18OS/c1-9(2)7-3-4-10(9,6-12)8(11)5-7/h7-8,11-12H,3-6H2,1-2H3/t7-,8-,10-/m1/s1. The average Bonchev–Trinajstić information content (AvgIpc) is 2.36. The summed E-state index contributed by atoms with van der Waals surface area (Å²) < 4.78 is 0. The molecule has 2 saturated carbocycles. The van der Waals surface area contributed by atoms with Gasteiger partial charge in [0.2, 0.25) is 0 Å². The van der Waals surface area contributed by atoms with Crippen LogP contribution in [0.1, 0.15) is 33.1 Å². The maximum Gasteiger partial charge on any atom is 0.0612 e. The van der Waals surface area contributed by atoms with Crippen molar-refractivity contribution in [1.29, 1.82) is 0 Å². The van der Waals surface area contributed by atoms with Crippen molar-refractivity contribution < 1.29 is 5.11 Å². The summed E-state index contributed by atoms with van der Waals surface area (Å²) in [6.45, 7) is 4.61. The molecule has 0 unspecified atom stereocenters. The Hall–Kier alpha value is 0.310. The molecule has 0 aliphatic heterocycles. The first-order valence-electron chi connectivity index (χ1n) is 4.83. The molecule has 0 radical (unpaired) electrons. The second-order valence-electron chi connectivity index (χ2n) is 5.02. The molecule has 0 amide bonds. The molecule has 2 aliphatic rings. The van der Waals surface area contributed by atoms with Crippen molar-refractivity contribution in [3.05, 3.63) is 0 Å². The van der Waals surface area contributed by atoms with Crippen LogP contribution in [0.25, 0.3) is 0 Å². The number of aliphatic hydroxyl groups is 1. The summed E-state index contributed by atoms with van der Waals surface area (Å²) in [5.74, 6) is 1.58. The van der Waals surface area contributed by atoms with Gasteiger partial charge in [0, 0.05) is 5.41 Å². The lowest BCUT2D eigenvalue weighted by Gasteiger charge is -2.39. The smallest absolute Gasteiger partial charge is 0.0612 e. The molecule has 2 heteroatoms. The van der Waals surface area contributed by atoms with Gasteiger partial charge in [-0.25, -0.2) is 0 Å². The molecule has 0 heterocycles. The summed E-state index contributed by atoms with van der Waals surface area (Å²) in [4.78, 5) is 0. The molecule has 0 saturated heterocycles.